The first-order valence-corrected chi connectivity index (χ1v) is 7.37. The van der Waals surface area contributed by atoms with E-state index in [1.807, 2.05) is 11.4 Å². The Balaban J connectivity index is 2.09. The smallest absolute Gasteiger partial charge is 0.232 e. The van der Waals surface area contributed by atoms with E-state index in [2.05, 4.69) is 15.3 Å². The average molecular weight is 326 g/mol. The van der Waals surface area contributed by atoms with Crippen molar-refractivity contribution in [1.82, 2.24) is 9.97 Å². The van der Waals surface area contributed by atoms with Crippen molar-refractivity contribution in [3.05, 3.63) is 39.7 Å². The molecule has 3 aromatic rings. The number of aromatic nitrogens is 2. The number of hydrogen-bond donors (Lipinski definition) is 1. The fraction of sp³-hybridized carbons (Fsp3) is 0.0769. The molecule has 3 rings (SSSR count). The Morgan fingerprint density at radius 1 is 1.20 bits per heavy atom. The van der Waals surface area contributed by atoms with Crippen LogP contribution in [0.5, 0.6) is 11.6 Å². The van der Waals surface area contributed by atoms with Crippen LogP contribution in [0.4, 0.5) is 5.95 Å². The largest absolute Gasteiger partial charge is 0.437 e. The van der Waals surface area contributed by atoms with E-state index >= 15 is 0 Å². The van der Waals surface area contributed by atoms with Gasteiger partial charge in [0.2, 0.25) is 11.8 Å². The first-order valence-electron chi connectivity index (χ1n) is 5.73. The summed E-state index contributed by atoms with van der Waals surface area (Å²) in [6.07, 6.45) is 0. The lowest BCUT2D eigenvalue weighted by molar-refractivity contribution is 0.469. The van der Waals surface area contributed by atoms with Gasteiger partial charge in [0.15, 0.2) is 0 Å². The Morgan fingerprint density at radius 3 is 2.85 bits per heavy atom. The lowest BCUT2D eigenvalue weighted by Gasteiger charge is -2.09. The summed E-state index contributed by atoms with van der Waals surface area (Å²) in [5.41, 5.74) is 0. The highest BCUT2D eigenvalue weighted by atomic mass is 35.5. The normalized spacial score (nSPS) is 10.8. The summed E-state index contributed by atoms with van der Waals surface area (Å²) in [5, 5.41) is 6.70. The van der Waals surface area contributed by atoms with Crippen LogP contribution in [0.2, 0.25) is 10.0 Å². The Hall–Kier alpha value is -1.56. The van der Waals surface area contributed by atoms with Crippen molar-refractivity contribution < 1.29 is 4.74 Å². The lowest BCUT2D eigenvalue weighted by atomic mass is 10.3. The zero-order valence-corrected chi connectivity index (χ0v) is 12.7. The quantitative estimate of drug-likeness (QED) is 0.749. The standard InChI is InChI=1S/C13H9Cl2N3OS/c1-16-13-17-11(8-4-5-20-12(8)18-13)19-10-6-7(14)2-3-9(10)15/h2-6H,1H3,(H,16,17,18). The molecule has 0 fully saturated rings. The van der Waals surface area contributed by atoms with Crippen LogP contribution in [0.3, 0.4) is 0 Å². The van der Waals surface area contributed by atoms with Crippen molar-refractivity contribution in [2.75, 3.05) is 12.4 Å². The Bertz CT molecular complexity index is 775. The lowest BCUT2D eigenvalue weighted by Crippen LogP contribution is -1.98. The third kappa shape index (κ3) is 2.52. The molecule has 0 bridgehead atoms. The fourth-order valence-electron chi connectivity index (χ4n) is 1.68. The molecule has 102 valence electrons. The van der Waals surface area contributed by atoms with Gasteiger partial charge in [-0.3, -0.25) is 0 Å². The highest BCUT2D eigenvalue weighted by molar-refractivity contribution is 7.16. The molecule has 4 nitrogen and oxygen atoms in total. The minimum absolute atomic E-state index is 0.449. The van der Waals surface area contributed by atoms with Crippen LogP contribution in [0.1, 0.15) is 0 Å². The first kappa shape index (κ1) is 13.4. The van der Waals surface area contributed by atoms with Crippen LogP contribution >= 0.6 is 34.5 Å². The second kappa shape index (κ2) is 5.44. The molecule has 0 saturated heterocycles. The van der Waals surface area contributed by atoms with Crippen LogP contribution in [0.25, 0.3) is 10.2 Å². The minimum Gasteiger partial charge on any atom is -0.437 e. The van der Waals surface area contributed by atoms with E-state index < -0.39 is 0 Å². The molecule has 7 heteroatoms. The van der Waals surface area contributed by atoms with Crippen molar-refractivity contribution in [2.24, 2.45) is 0 Å². The van der Waals surface area contributed by atoms with Gasteiger partial charge in [-0.05, 0) is 23.6 Å². The van der Waals surface area contributed by atoms with Gasteiger partial charge in [0.25, 0.3) is 0 Å². The number of rotatable bonds is 3. The molecule has 2 aromatic heterocycles. The molecule has 0 aliphatic carbocycles. The molecule has 0 saturated carbocycles. The van der Waals surface area contributed by atoms with Gasteiger partial charge in [-0.1, -0.05) is 23.2 Å². The maximum absolute atomic E-state index is 6.10. The van der Waals surface area contributed by atoms with Gasteiger partial charge in [0.05, 0.1) is 10.4 Å². The number of benzene rings is 1. The summed E-state index contributed by atoms with van der Waals surface area (Å²) >= 11 is 13.6. The predicted molar refractivity (Wildman–Crippen MR) is 83.5 cm³/mol. The molecule has 0 radical (unpaired) electrons. The number of fused-ring (bicyclic) bond motifs is 1. The second-order valence-electron chi connectivity index (χ2n) is 3.92. The van der Waals surface area contributed by atoms with Crippen LogP contribution < -0.4 is 10.1 Å². The van der Waals surface area contributed by atoms with Gasteiger partial charge in [-0.2, -0.15) is 4.98 Å². The molecular formula is C13H9Cl2N3OS. The van der Waals surface area contributed by atoms with Crippen molar-refractivity contribution in [2.45, 2.75) is 0 Å². The molecule has 1 aromatic carbocycles. The highest BCUT2D eigenvalue weighted by Gasteiger charge is 2.12. The number of hydrogen-bond acceptors (Lipinski definition) is 5. The van der Waals surface area contributed by atoms with Crippen molar-refractivity contribution >= 4 is 50.7 Å². The third-order valence-electron chi connectivity index (χ3n) is 2.61. The first-order chi connectivity index (χ1) is 9.67. The average Bonchev–Trinajstić information content (AvgIpc) is 2.91. The number of ether oxygens (including phenoxy) is 1. The summed E-state index contributed by atoms with van der Waals surface area (Å²) in [6, 6.07) is 6.95. The fourth-order valence-corrected chi connectivity index (χ4v) is 2.75. The second-order valence-corrected chi connectivity index (χ2v) is 5.66. The van der Waals surface area contributed by atoms with Crippen molar-refractivity contribution in [3.8, 4) is 11.6 Å². The zero-order chi connectivity index (χ0) is 14.1. The van der Waals surface area contributed by atoms with Crippen molar-refractivity contribution in [3.63, 3.8) is 0 Å². The van der Waals surface area contributed by atoms with Gasteiger partial charge in [-0.25, -0.2) is 4.98 Å². The van der Waals surface area contributed by atoms with Crippen molar-refractivity contribution in [1.29, 1.82) is 0 Å². The summed E-state index contributed by atoms with van der Waals surface area (Å²) in [5.74, 6) is 1.41. The molecular weight excluding hydrogens is 317 g/mol. The Labute approximate surface area is 129 Å². The van der Waals surface area contributed by atoms with E-state index in [1.54, 1.807) is 25.2 Å². The summed E-state index contributed by atoms with van der Waals surface area (Å²) < 4.78 is 5.80. The number of halogens is 2. The van der Waals surface area contributed by atoms with Crippen LogP contribution in [-0.4, -0.2) is 17.0 Å². The van der Waals surface area contributed by atoms with Crippen LogP contribution in [0.15, 0.2) is 29.6 Å². The summed E-state index contributed by atoms with van der Waals surface area (Å²) in [7, 11) is 1.75. The zero-order valence-electron chi connectivity index (χ0n) is 10.4. The molecule has 0 aliphatic rings. The van der Waals surface area contributed by atoms with E-state index in [0.29, 0.717) is 27.6 Å². The van der Waals surface area contributed by atoms with Gasteiger partial charge >= 0.3 is 0 Å². The molecule has 0 spiro atoms. The number of nitrogens with one attached hydrogen (secondary N) is 1. The molecule has 0 atom stereocenters. The third-order valence-corrected chi connectivity index (χ3v) is 3.97. The molecule has 20 heavy (non-hydrogen) atoms. The topological polar surface area (TPSA) is 47.0 Å². The van der Waals surface area contributed by atoms with E-state index in [-0.39, 0.29) is 0 Å². The Morgan fingerprint density at radius 2 is 2.05 bits per heavy atom. The van der Waals surface area contributed by atoms with E-state index in [0.717, 1.165) is 10.2 Å². The maximum Gasteiger partial charge on any atom is 0.232 e. The van der Waals surface area contributed by atoms with Gasteiger partial charge < -0.3 is 10.1 Å². The van der Waals surface area contributed by atoms with Gasteiger partial charge in [-0.15, -0.1) is 11.3 Å². The van der Waals surface area contributed by atoms with E-state index in [9.17, 15) is 0 Å². The predicted octanol–water partition coefficient (Wildman–Crippen LogP) is 4.83. The minimum atomic E-state index is 0.449. The van der Waals surface area contributed by atoms with Crippen LogP contribution in [-0.2, 0) is 0 Å². The monoisotopic (exact) mass is 325 g/mol. The Kier molecular flexibility index (Phi) is 3.65. The molecule has 1 N–H and O–H groups in total. The summed E-state index contributed by atoms with van der Waals surface area (Å²) in [6.45, 7) is 0. The van der Waals surface area contributed by atoms with Gasteiger partial charge in [0, 0.05) is 18.1 Å². The SMILES string of the molecule is CNc1nc(Oc2cc(Cl)ccc2Cl)c2ccsc2n1. The van der Waals surface area contributed by atoms with Gasteiger partial charge in [0.1, 0.15) is 10.6 Å². The van der Waals surface area contributed by atoms with E-state index in [4.69, 9.17) is 27.9 Å². The molecule has 2 heterocycles. The maximum atomic E-state index is 6.10. The number of thiophene rings is 1. The molecule has 0 amide bonds. The number of anilines is 1. The van der Waals surface area contributed by atoms with E-state index in [1.165, 1.54) is 11.3 Å². The highest BCUT2D eigenvalue weighted by Crippen LogP contribution is 2.35. The molecule has 0 unspecified atom stereocenters. The van der Waals surface area contributed by atoms with Crippen LogP contribution in [0, 0.1) is 0 Å². The number of nitrogens with zero attached hydrogens (tertiary/aromatic N) is 2. The molecule has 0 aliphatic heterocycles. The summed E-state index contributed by atoms with van der Waals surface area (Å²) in [4.78, 5) is 9.52.